The minimum atomic E-state index is -0.263. The van der Waals surface area contributed by atoms with Gasteiger partial charge in [0.1, 0.15) is 5.75 Å². The first-order valence-electron chi connectivity index (χ1n) is 6.65. The monoisotopic (exact) mass is 266 g/mol. The van der Waals surface area contributed by atoms with Crippen molar-refractivity contribution in [2.24, 2.45) is 5.73 Å². The predicted octanol–water partition coefficient (Wildman–Crippen LogP) is 2.28. The molecule has 0 spiro atoms. The van der Waals surface area contributed by atoms with Crippen LogP contribution in [0.15, 0.2) is 24.3 Å². The van der Waals surface area contributed by atoms with Gasteiger partial charge in [-0.25, -0.2) is 0 Å². The molecule has 0 aliphatic carbocycles. The average molecular weight is 266 g/mol. The highest BCUT2D eigenvalue weighted by Crippen LogP contribution is 2.19. The van der Waals surface area contributed by atoms with Gasteiger partial charge in [0.2, 0.25) is 0 Å². The second-order valence-corrected chi connectivity index (χ2v) is 5.63. The van der Waals surface area contributed by atoms with E-state index >= 15 is 0 Å². The van der Waals surface area contributed by atoms with E-state index in [4.69, 9.17) is 15.2 Å². The Morgan fingerprint density at radius 3 is 2.58 bits per heavy atom. The largest absolute Gasteiger partial charge is 0.493 e. The number of ether oxygens (including phenoxy) is 2. The van der Waals surface area contributed by atoms with E-state index in [1.807, 2.05) is 46.1 Å². The molecule has 0 saturated heterocycles. The molecule has 2 N–H and O–H groups in total. The molecule has 4 nitrogen and oxygen atoms in total. The van der Waals surface area contributed by atoms with Crippen LogP contribution in [0, 0.1) is 0 Å². The minimum Gasteiger partial charge on any atom is -0.493 e. The van der Waals surface area contributed by atoms with Gasteiger partial charge >= 0.3 is 0 Å². The maximum atomic E-state index is 5.83. The summed E-state index contributed by atoms with van der Waals surface area (Å²) in [7, 11) is 4.03. The van der Waals surface area contributed by atoms with Crippen LogP contribution in [0.25, 0.3) is 0 Å². The summed E-state index contributed by atoms with van der Waals surface area (Å²) >= 11 is 0. The Labute approximate surface area is 116 Å². The summed E-state index contributed by atoms with van der Waals surface area (Å²) in [6.45, 7) is 5.81. The zero-order chi connectivity index (χ0) is 14.3. The van der Waals surface area contributed by atoms with E-state index < -0.39 is 0 Å². The van der Waals surface area contributed by atoms with Crippen LogP contribution < -0.4 is 15.4 Å². The van der Waals surface area contributed by atoms with E-state index in [1.54, 1.807) is 0 Å². The van der Waals surface area contributed by atoms with Crippen LogP contribution >= 0.6 is 0 Å². The van der Waals surface area contributed by atoms with Gasteiger partial charge in [-0.15, -0.1) is 0 Å². The number of benzene rings is 1. The fraction of sp³-hybridized carbons (Fsp3) is 0.600. The normalized spacial score (nSPS) is 11.4. The van der Waals surface area contributed by atoms with Gasteiger partial charge in [-0.3, -0.25) is 0 Å². The Bertz CT molecular complexity index is 373. The van der Waals surface area contributed by atoms with Crippen molar-refractivity contribution < 1.29 is 9.47 Å². The molecule has 0 radical (unpaired) electrons. The zero-order valence-corrected chi connectivity index (χ0v) is 12.5. The SMILES string of the molecule is CN(C)c1cccc(OCCCOCC(C)(C)N)c1. The minimum absolute atomic E-state index is 0.263. The first-order valence-corrected chi connectivity index (χ1v) is 6.65. The lowest BCUT2D eigenvalue weighted by Gasteiger charge is -2.18. The Morgan fingerprint density at radius 1 is 1.21 bits per heavy atom. The molecular weight excluding hydrogens is 240 g/mol. The van der Waals surface area contributed by atoms with Crippen molar-refractivity contribution >= 4 is 5.69 Å². The maximum Gasteiger partial charge on any atom is 0.121 e. The summed E-state index contributed by atoms with van der Waals surface area (Å²) < 4.78 is 11.2. The van der Waals surface area contributed by atoms with E-state index in [-0.39, 0.29) is 5.54 Å². The van der Waals surface area contributed by atoms with Gasteiger partial charge in [-0.2, -0.15) is 0 Å². The first-order chi connectivity index (χ1) is 8.88. The molecule has 0 fully saturated rings. The van der Waals surface area contributed by atoms with Crippen LogP contribution in [0.4, 0.5) is 5.69 Å². The van der Waals surface area contributed by atoms with Crippen molar-refractivity contribution in [3.05, 3.63) is 24.3 Å². The Balaban J connectivity index is 2.21. The number of nitrogens with two attached hydrogens (primary N) is 1. The van der Waals surface area contributed by atoms with Gasteiger partial charge in [-0.05, 0) is 26.0 Å². The summed E-state index contributed by atoms with van der Waals surface area (Å²) in [6.07, 6.45) is 0.863. The van der Waals surface area contributed by atoms with Gasteiger partial charge in [0.15, 0.2) is 0 Å². The third-order valence-electron chi connectivity index (χ3n) is 2.51. The number of nitrogens with zero attached hydrogens (tertiary/aromatic N) is 1. The second-order valence-electron chi connectivity index (χ2n) is 5.63. The number of anilines is 1. The molecule has 0 heterocycles. The molecule has 0 aliphatic rings. The van der Waals surface area contributed by atoms with Crippen LogP contribution in [0.2, 0.25) is 0 Å². The van der Waals surface area contributed by atoms with Crippen molar-refractivity contribution in [2.75, 3.05) is 38.8 Å². The lowest BCUT2D eigenvalue weighted by molar-refractivity contribution is 0.0870. The molecule has 0 aliphatic heterocycles. The van der Waals surface area contributed by atoms with Gasteiger partial charge < -0.3 is 20.1 Å². The predicted molar refractivity (Wildman–Crippen MR) is 80.0 cm³/mol. The lowest BCUT2D eigenvalue weighted by Crippen LogP contribution is -2.37. The summed E-state index contributed by atoms with van der Waals surface area (Å²) in [4.78, 5) is 2.05. The molecule has 1 aromatic carbocycles. The topological polar surface area (TPSA) is 47.7 Å². The van der Waals surface area contributed by atoms with Crippen LogP contribution in [0.3, 0.4) is 0 Å². The van der Waals surface area contributed by atoms with Gasteiger partial charge in [0.25, 0.3) is 0 Å². The Hall–Kier alpha value is -1.26. The number of hydrogen-bond acceptors (Lipinski definition) is 4. The fourth-order valence-corrected chi connectivity index (χ4v) is 1.54. The van der Waals surface area contributed by atoms with Crippen molar-refractivity contribution in [1.82, 2.24) is 0 Å². The van der Waals surface area contributed by atoms with Crippen molar-refractivity contribution in [3.8, 4) is 5.75 Å². The van der Waals surface area contributed by atoms with Gasteiger partial charge in [0.05, 0.1) is 13.2 Å². The Morgan fingerprint density at radius 2 is 1.95 bits per heavy atom. The van der Waals surface area contributed by atoms with Gasteiger partial charge in [-0.1, -0.05) is 6.07 Å². The lowest BCUT2D eigenvalue weighted by atomic mass is 10.1. The van der Waals surface area contributed by atoms with E-state index in [0.717, 1.165) is 17.9 Å². The molecule has 0 saturated carbocycles. The molecule has 1 rings (SSSR count). The number of rotatable bonds is 8. The highest BCUT2D eigenvalue weighted by Gasteiger charge is 2.09. The molecule has 0 atom stereocenters. The van der Waals surface area contributed by atoms with E-state index in [1.165, 1.54) is 0 Å². The van der Waals surface area contributed by atoms with Crippen LogP contribution in [0.5, 0.6) is 5.75 Å². The first kappa shape index (κ1) is 15.8. The molecular formula is C15H26N2O2. The molecule has 0 unspecified atom stereocenters. The molecule has 19 heavy (non-hydrogen) atoms. The molecule has 0 bridgehead atoms. The summed E-state index contributed by atoms with van der Waals surface area (Å²) in [5.41, 5.74) is 6.70. The summed E-state index contributed by atoms with van der Waals surface area (Å²) in [5, 5.41) is 0. The van der Waals surface area contributed by atoms with E-state index in [9.17, 15) is 0 Å². The van der Waals surface area contributed by atoms with Crippen LogP contribution in [-0.2, 0) is 4.74 Å². The highest BCUT2D eigenvalue weighted by atomic mass is 16.5. The van der Waals surface area contributed by atoms with Crippen molar-refractivity contribution in [3.63, 3.8) is 0 Å². The maximum absolute atomic E-state index is 5.83. The van der Waals surface area contributed by atoms with Crippen LogP contribution in [-0.4, -0.2) is 39.5 Å². The molecule has 108 valence electrons. The molecule has 1 aromatic rings. The quantitative estimate of drug-likeness (QED) is 0.733. The summed E-state index contributed by atoms with van der Waals surface area (Å²) in [6, 6.07) is 8.05. The third-order valence-corrected chi connectivity index (χ3v) is 2.51. The standard InChI is InChI=1S/C15H26N2O2/c1-15(2,16)12-18-9-6-10-19-14-8-5-7-13(11-14)17(3)4/h5,7-8,11H,6,9-10,12,16H2,1-4H3. The number of hydrogen-bond donors (Lipinski definition) is 1. The highest BCUT2D eigenvalue weighted by molar-refractivity contribution is 5.49. The van der Waals surface area contributed by atoms with Gasteiger partial charge in [0, 0.05) is 44.4 Å². The third kappa shape index (κ3) is 7.03. The summed E-state index contributed by atoms with van der Waals surface area (Å²) in [5.74, 6) is 0.894. The zero-order valence-electron chi connectivity index (χ0n) is 12.5. The molecule has 4 heteroatoms. The fourth-order valence-electron chi connectivity index (χ4n) is 1.54. The average Bonchev–Trinajstić information content (AvgIpc) is 2.32. The van der Waals surface area contributed by atoms with Crippen LogP contribution in [0.1, 0.15) is 20.3 Å². The van der Waals surface area contributed by atoms with Crippen molar-refractivity contribution in [1.29, 1.82) is 0 Å². The van der Waals surface area contributed by atoms with Crippen molar-refractivity contribution in [2.45, 2.75) is 25.8 Å². The molecule has 0 aromatic heterocycles. The second kappa shape index (κ2) is 7.36. The molecule has 0 amide bonds. The van der Waals surface area contributed by atoms with E-state index in [0.29, 0.717) is 19.8 Å². The smallest absolute Gasteiger partial charge is 0.121 e. The Kier molecular flexibility index (Phi) is 6.12. The van der Waals surface area contributed by atoms with E-state index in [2.05, 4.69) is 11.0 Å².